The van der Waals surface area contributed by atoms with Gasteiger partial charge in [0.05, 0.1) is 19.1 Å². The van der Waals surface area contributed by atoms with Crippen LogP contribution in [0.2, 0.25) is 0 Å². The van der Waals surface area contributed by atoms with Crippen molar-refractivity contribution in [2.45, 2.75) is 38.2 Å². The maximum Gasteiger partial charge on any atom is 0.309 e. The Morgan fingerprint density at radius 1 is 1.53 bits per heavy atom. The average Bonchev–Trinajstić information content (AvgIpc) is 2.42. The number of halogens is 1. The van der Waals surface area contributed by atoms with Crippen molar-refractivity contribution >= 4 is 17.6 Å². The van der Waals surface area contributed by atoms with E-state index in [1.54, 1.807) is 0 Å². The molecule has 88 valence electrons. The molecule has 1 aliphatic carbocycles. The zero-order valence-electron chi connectivity index (χ0n) is 9.66. The lowest BCUT2D eigenvalue weighted by molar-refractivity contribution is -0.149. The number of carbonyl (C=O) groups is 1. The summed E-state index contributed by atoms with van der Waals surface area (Å²) in [5.41, 5.74) is 0. The van der Waals surface area contributed by atoms with Crippen LogP contribution < -0.4 is 0 Å². The third kappa shape index (κ3) is 2.45. The summed E-state index contributed by atoms with van der Waals surface area (Å²) in [4.78, 5) is 11.1. The maximum absolute atomic E-state index is 11.6. The van der Waals surface area contributed by atoms with E-state index in [-0.39, 0.29) is 23.7 Å². The predicted octanol–water partition coefficient (Wildman–Crippen LogP) is 1.81. The second kappa shape index (κ2) is 4.30. The zero-order chi connectivity index (χ0) is 11.8. The molecule has 0 bridgehead atoms. The fraction of sp³-hybridized carbons (Fsp3) is 0.909. The van der Waals surface area contributed by atoms with Gasteiger partial charge in [0.15, 0.2) is 0 Å². The number of rotatable bonds is 2. The van der Waals surface area contributed by atoms with Crippen molar-refractivity contribution in [1.82, 2.24) is 0 Å². The summed E-state index contributed by atoms with van der Waals surface area (Å²) in [6.07, 6.45) is 0.106. The molecule has 4 atom stereocenters. The minimum absolute atomic E-state index is 0.0309. The molecular formula is C11H19ClO3. The van der Waals surface area contributed by atoms with E-state index in [1.165, 1.54) is 7.11 Å². The molecule has 0 saturated heterocycles. The highest BCUT2D eigenvalue weighted by Gasteiger charge is 2.50. The molecular weight excluding hydrogens is 216 g/mol. The lowest BCUT2D eigenvalue weighted by Crippen LogP contribution is -2.35. The van der Waals surface area contributed by atoms with Gasteiger partial charge in [0.1, 0.15) is 0 Å². The highest BCUT2D eigenvalue weighted by molar-refractivity contribution is 6.23. The first-order chi connectivity index (χ1) is 6.79. The van der Waals surface area contributed by atoms with Gasteiger partial charge >= 0.3 is 5.97 Å². The second-order valence-electron chi connectivity index (χ2n) is 4.88. The van der Waals surface area contributed by atoms with E-state index >= 15 is 0 Å². The fourth-order valence-corrected chi connectivity index (χ4v) is 2.67. The van der Waals surface area contributed by atoms with Crippen LogP contribution >= 0.6 is 11.6 Å². The fourth-order valence-electron chi connectivity index (χ4n) is 2.45. The van der Waals surface area contributed by atoms with Crippen LogP contribution in [0.3, 0.4) is 0 Å². The molecule has 1 saturated carbocycles. The highest BCUT2D eigenvalue weighted by Crippen LogP contribution is 2.45. The Morgan fingerprint density at radius 2 is 2.07 bits per heavy atom. The van der Waals surface area contributed by atoms with Crippen LogP contribution in [0.5, 0.6) is 0 Å². The number of esters is 1. The molecule has 0 aromatic carbocycles. The summed E-state index contributed by atoms with van der Waals surface area (Å²) in [5.74, 6) is -0.674. The van der Waals surface area contributed by atoms with Crippen LogP contribution in [0.1, 0.15) is 27.2 Å². The third-order valence-corrected chi connectivity index (χ3v) is 3.74. The maximum atomic E-state index is 11.6. The third-order valence-electron chi connectivity index (χ3n) is 3.46. The molecule has 0 unspecified atom stereocenters. The van der Waals surface area contributed by atoms with Gasteiger partial charge in [-0.1, -0.05) is 6.92 Å². The Hall–Kier alpha value is -0.280. The van der Waals surface area contributed by atoms with E-state index in [4.69, 9.17) is 16.3 Å². The Bertz CT molecular complexity index is 247. The number of alkyl halides is 1. The Balaban J connectivity index is 2.92. The molecule has 0 aliphatic heterocycles. The Morgan fingerprint density at radius 3 is 2.47 bits per heavy atom. The van der Waals surface area contributed by atoms with Crippen LogP contribution in [0.25, 0.3) is 0 Å². The van der Waals surface area contributed by atoms with Gasteiger partial charge < -0.3 is 9.84 Å². The Kier molecular flexibility index (Phi) is 3.67. The van der Waals surface area contributed by atoms with Crippen LogP contribution in [-0.2, 0) is 9.53 Å². The number of aliphatic hydroxyl groups excluding tert-OH is 1. The van der Waals surface area contributed by atoms with Gasteiger partial charge in [-0.05, 0) is 32.1 Å². The van der Waals surface area contributed by atoms with Gasteiger partial charge in [-0.3, -0.25) is 4.79 Å². The molecule has 0 spiro atoms. The van der Waals surface area contributed by atoms with Crippen LogP contribution in [0.4, 0.5) is 0 Å². The van der Waals surface area contributed by atoms with E-state index in [1.807, 2.05) is 20.8 Å². The lowest BCUT2D eigenvalue weighted by atomic mass is 9.82. The quantitative estimate of drug-likeness (QED) is 0.586. The second-order valence-corrected chi connectivity index (χ2v) is 5.86. The number of methoxy groups -OCH3 is 1. The number of aliphatic hydroxyl groups is 1. The SMILES string of the molecule is COC(=O)[C@@H]1[C@@H](C)[C@H](O)C[C@H]1C(C)(C)Cl. The van der Waals surface area contributed by atoms with E-state index in [0.29, 0.717) is 6.42 Å². The molecule has 1 fully saturated rings. The normalized spacial score (nSPS) is 36.7. The summed E-state index contributed by atoms with van der Waals surface area (Å²) in [5, 5.41) is 9.78. The zero-order valence-corrected chi connectivity index (χ0v) is 10.4. The number of carbonyl (C=O) groups excluding carboxylic acids is 1. The van der Waals surface area contributed by atoms with Gasteiger partial charge in [0, 0.05) is 4.87 Å². The van der Waals surface area contributed by atoms with E-state index in [0.717, 1.165) is 0 Å². The van der Waals surface area contributed by atoms with Gasteiger partial charge in [0.25, 0.3) is 0 Å². The van der Waals surface area contributed by atoms with Crippen molar-refractivity contribution in [3.8, 4) is 0 Å². The molecule has 4 heteroatoms. The van der Waals surface area contributed by atoms with Crippen molar-refractivity contribution in [3.05, 3.63) is 0 Å². The predicted molar refractivity (Wildman–Crippen MR) is 58.7 cm³/mol. The summed E-state index contributed by atoms with van der Waals surface area (Å²) >= 11 is 6.25. The molecule has 1 aliphatic rings. The van der Waals surface area contributed by atoms with E-state index < -0.39 is 11.0 Å². The van der Waals surface area contributed by atoms with Gasteiger partial charge in [-0.25, -0.2) is 0 Å². The van der Waals surface area contributed by atoms with Gasteiger partial charge in [0.2, 0.25) is 0 Å². The standard InChI is InChI=1S/C11H19ClO3/c1-6-8(13)5-7(11(2,3)12)9(6)10(14)15-4/h6-9,13H,5H2,1-4H3/t6-,7+,8+,9+/m0/s1. The largest absolute Gasteiger partial charge is 0.469 e. The molecule has 0 radical (unpaired) electrons. The van der Waals surface area contributed by atoms with Crippen molar-refractivity contribution < 1.29 is 14.6 Å². The molecule has 15 heavy (non-hydrogen) atoms. The highest BCUT2D eigenvalue weighted by atomic mass is 35.5. The molecule has 0 aromatic rings. The number of ether oxygens (including phenoxy) is 1. The van der Waals surface area contributed by atoms with Crippen LogP contribution in [0, 0.1) is 17.8 Å². The van der Waals surface area contributed by atoms with Crippen molar-refractivity contribution in [2.24, 2.45) is 17.8 Å². The van der Waals surface area contributed by atoms with Gasteiger partial charge in [-0.2, -0.15) is 0 Å². The molecule has 0 amide bonds. The van der Waals surface area contributed by atoms with Gasteiger partial charge in [-0.15, -0.1) is 11.6 Å². The minimum atomic E-state index is -0.495. The molecule has 0 aromatic heterocycles. The monoisotopic (exact) mass is 234 g/mol. The summed E-state index contributed by atoms with van der Waals surface area (Å²) in [7, 11) is 1.37. The number of hydrogen-bond acceptors (Lipinski definition) is 3. The van der Waals surface area contributed by atoms with Crippen molar-refractivity contribution in [2.75, 3.05) is 7.11 Å². The first-order valence-electron chi connectivity index (χ1n) is 5.23. The van der Waals surface area contributed by atoms with E-state index in [2.05, 4.69) is 0 Å². The Labute approximate surface area is 95.8 Å². The van der Waals surface area contributed by atoms with Crippen LogP contribution in [-0.4, -0.2) is 29.2 Å². The summed E-state index contributed by atoms with van der Waals surface area (Å²) in [6, 6.07) is 0. The molecule has 1 N–H and O–H groups in total. The van der Waals surface area contributed by atoms with Crippen molar-refractivity contribution in [1.29, 1.82) is 0 Å². The lowest BCUT2D eigenvalue weighted by Gasteiger charge is -2.29. The summed E-state index contributed by atoms with van der Waals surface area (Å²) < 4.78 is 4.77. The first kappa shape index (κ1) is 12.8. The van der Waals surface area contributed by atoms with E-state index in [9.17, 15) is 9.90 Å². The molecule has 0 heterocycles. The molecule has 1 rings (SSSR count). The smallest absolute Gasteiger partial charge is 0.309 e. The van der Waals surface area contributed by atoms with Crippen LogP contribution in [0.15, 0.2) is 0 Å². The average molecular weight is 235 g/mol. The summed E-state index contributed by atoms with van der Waals surface area (Å²) in [6.45, 7) is 5.62. The molecule has 3 nitrogen and oxygen atoms in total. The first-order valence-corrected chi connectivity index (χ1v) is 5.61. The van der Waals surface area contributed by atoms with Crippen molar-refractivity contribution in [3.63, 3.8) is 0 Å². The minimum Gasteiger partial charge on any atom is -0.469 e. The number of hydrogen-bond donors (Lipinski definition) is 1. The topological polar surface area (TPSA) is 46.5 Å².